The van der Waals surface area contributed by atoms with Crippen LogP contribution in [0.3, 0.4) is 0 Å². The highest BCUT2D eigenvalue weighted by Crippen LogP contribution is 2.27. The zero-order valence-electron chi connectivity index (χ0n) is 15.5. The highest BCUT2D eigenvalue weighted by atomic mass is 32.2. The first-order chi connectivity index (χ1) is 12.2. The molecule has 3 rings (SSSR count). The van der Waals surface area contributed by atoms with Gasteiger partial charge in [0.1, 0.15) is 0 Å². The number of anilines is 1. The van der Waals surface area contributed by atoms with Gasteiger partial charge >= 0.3 is 0 Å². The van der Waals surface area contributed by atoms with Gasteiger partial charge in [-0.2, -0.15) is 0 Å². The molecule has 0 unspecified atom stereocenters. The van der Waals surface area contributed by atoms with Crippen molar-refractivity contribution in [3.63, 3.8) is 0 Å². The molecule has 1 atom stereocenters. The summed E-state index contributed by atoms with van der Waals surface area (Å²) in [7, 11) is -3.27. The lowest BCUT2D eigenvalue weighted by Gasteiger charge is -2.28. The molecule has 1 amide bonds. The van der Waals surface area contributed by atoms with Crippen molar-refractivity contribution in [1.29, 1.82) is 0 Å². The first-order valence-corrected chi connectivity index (χ1v) is 10.3. The number of rotatable bonds is 3. The molecule has 0 aromatic heterocycles. The van der Waals surface area contributed by atoms with Crippen LogP contribution >= 0.6 is 0 Å². The summed E-state index contributed by atoms with van der Waals surface area (Å²) in [6, 6.07) is 11.0. The minimum atomic E-state index is -3.27. The molecule has 136 valence electrons. The van der Waals surface area contributed by atoms with Gasteiger partial charge in [0.05, 0.1) is 11.8 Å². The van der Waals surface area contributed by atoms with Crippen molar-refractivity contribution in [2.24, 2.45) is 0 Å². The van der Waals surface area contributed by atoms with E-state index in [1.807, 2.05) is 64.1 Å². The van der Waals surface area contributed by atoms with Gasteiger partial charge in [-0.05, 0) is 69.2 Å². The second-order valence-corrected chi connectivity index (χ2v) is 8.98. The molecule has 2 aromatic carbocycles. The summed E-state index contributed by atoms with van der Waals surface area (Å²) in [6.07, 6.45) is 1.60. The average molecular weight is 369 g/mol. The van der Waals surface area contributed by atoms with Crippen LogP contribution in [0.1, 0.15) is 32.6 Å². The lowest BCUT2D eigenvalue weighted by atomic mass is 10.0. The predicted octanol–water partition coefficient (Wildman–Crippen LogP) is 3.88. The number of sulfone groups is 1. The molecule has 0 saturated heterocycles. The first kappa shape index (κ1) is 18.4. The standard InChI is InChI=1S/C21H23NO3S/c1-14-9-15(2)11-18(10-14)21(23)22(20-7-8-26(24,25)13-20)19-6-5-16(3)17(4)12-19/h5-12,20H,13H2,1-4H3/t20-/m1/s1. The van der Waals surface area contributed by atoms with E-state index in [0.717, 1.165) is 22.3 Å². The zero-order chi connectivity index (χ0) is 19.1. The molecule has 0 aliphatic carbocycles. The normalized spacial score (nSPS) is 18.1. The Hall–Kier alpha value is -2.40. The second-order valence-electron chi connectivity index (χ2n) is 7.05. The smallest absolute Gasteiger partial charge is 0.258 e. The third kappa shape index (κ3) is 3.73. The maximum atomic E-state index is 13.3. The molecule has 1 aliphatic rings. The number of hydrogen-bond acceptors (Lipinski definition) is 3. The van der Waals surface area contributed by atoms with Gasteiger partial charge in [0, 0.05) is 16.7 Å². The number of aryl methyl sites for hydroxylation is 4. The molecule has 1 heterocycles. The molecule has 0 spiro atoms. The van der Waals surface area contributed by atoms with Crippen LogP contribution in [0.25, 0.3) is 0 Å². The lowest BCUT2D eigenvalue weighted by Crippen LogP contribution is -2.41. The molecular weight excluding hydrogens is 346 g/mol. The third-order valence-corrected chi connectivity index (χ3v) is 6.08. The quantitative estimate of drug-likeness (QED) is 0.825. The van der Waals surface area contributed by atoms with Gasteiger partial charge in [0.2, 0.25) is 0 Å². The lowest BCUT2D eigenvalue weighted by molar-refractivity contribution is 0.0983. The Balaban J connectivity index is 2.09. The van der Waals surface area contributed by atoms with Gasteiger partial charge in [-0.15, -0.1) is 0 Å². The van der Waals surface area contributed by atoms with Gasteiger partial charge in [-0.1, -0.05) is 23.3 Å². The molecule has 5 heteroatoms. The maximum Gasteiger partial charge on any atom is 0.258 e. The van der Waals surface area contributed by atoms with E-state index in [1.165, 1.54) is 5.41 Å². The van der Waals surface area contributed by atoms with Gasteiger partial charge in [0.25, 0.3) is 5.91 Å². The van der Waals surface area contributed by atoms with Crippen molar-refractivity contribution in [2.75, 3.05) is 10.7 Å². The van der Waals surface area contributed by atoms with Crippen LogP contribution in [0.5, 0.6) is 0 Å². The van der Waals surface area contributed by atoms with Crippen molar-refractivity contribution in [3.05, 3.63) is 75.7 Å². The second kappa shape index (κ2) is 6.72. The van der Waals surface area contributed by atoms with Crippen molar-refractivity contribution < 1.29 is 13.2 Å². The van der Waals surface area contributed by atoms with Gasteiger partial charge < -0.3 is 4.90 Å². The van der Waals surface area contributed by atoms with Crippen molar-refractivity contribution >= 4 is 21.4 Å². The Labute approximate surface area is 155 Å². The first-order valence-electron chi connectivity index (χ1n) is 8.56. The largest absolute Gasteiger partial charge is 0.300 e. The SMILES string of the molecule is Cc1cc(C)cc(C(=O)N(c2ccc(C)c(C)c2)[C@@H]2C=CS(=O)(=O)C2)c1. The fourth-order valence-electron chi connectivity index (χ4n) is 3.29. The summed E-state index contributed by atoms with van der Waals surface area (Å²) in [5, 5.41) is 1.21. The fraction of sp³-hybridized carbons (Fsp3) is 0.286. The van der Waals surface area contributed by atoms with E-state index in [4.69, 9.17) is 0 Å². The fourth-order valence-corrected chi connectivity index (χ4v) is 4.56. The number of carbonyl (C=O) groups is 1. The van der Waals surface area contributed by atoms with Crippen molar-refractivity contribution in [2.45, 2.75) is 33.7 Å². The van der Waals surface area contributed by atoms with Crippen molar-refractivity contribution in [3.8, 4) is 0 Å². The van der Waals surface area contributed by atoms with Gasteiger partial charge in [0.15, 0.2) is 9.84 Å². The summed E-state index contributed by atoms with van der Waals surface area (Å²) < 4.78 is 23.9. The van der Waals surface area contributed by atoms with E-state index < -0.39 is 15.9 Å². The Morgan fingerprint density at radius 2 is 1.62 bits per heavy atom. The van der Waals surface area contributed by atoms with Crippen LogP contribution in [0, 0.1) is 27.7 Å². The summed E-state index contributed by atoms with van der Waals surface area (Å²) in [4.78, 5) is 14.9. The van der Waals surface area contributed by atoms with E-state index >= 15 is 0 Å². The van der Waals surface area contributed by atoms with E-state index in [-0.39, 0.29) is 11.7 Å². The molecule has 0 saturated carbocycles. The van der Waals surface area contributed by atoms with Crippen LogP contribution in [0.2, 0.25) is 0 Å². The molecule has 4 nitrogen and oxygen atoms in total. The molecule has 26 heavy (non-hydrogen) atoms. The van der Waals surface area contributed by atoms with Crippen LogP contribution < -0.4 is 4.90 Å². The molecule has 2 aromatic rings. The zero-order valence-corrected chi connectivity index (χ0v) is 16.3. The number of amides is 1. The number of carbonyl (C=O) groups excluding carboxylic acids is 1. The number of hydrogen-bond donors (Lipinski definition) is 0. The minimum Gasteiger partial charge on any atom is -0.300 e. The molecule has 0 bridgehead atoms. The monoisotopic (exact) mass is 369 g/mol. The summed E-state index contributed by atoms with van der Waals surface area (Å²) in [6.45, 7) is 7.89. The van der Waals surface area contributed by atoms with Gasteiger partial charge in [-0.3, -0.25) is 4.79 Å². The van der Waals surface area contributed by atoms with Gasteiger partial charge in [-0.25, -0.2) is 8.42 Å². The van der Waals surface area contributed by atoms with E-state index in [2.05, 4.69) is 0 Å². The van der Waals surface area contributed by atoms with Crippen LogP contribution in [-0.4, -0.2) is 26.1 Å². The Bertz CT molecular complexity index is 986. The molecule has 0 radical (unpaired) electrons. The minimum absolute atomic E-state index is 0.0868. The maximum absolute atomic E-state index is 13.3. The molecule has 1 aliphatic heterocycles. The average Bonchev–Trinajstić information content (AvgIpc) is 2.89. The molecule has 0 fully saturated rings. The topological polar surface area (TPSA) is 54.5 Å². The van der Waals surface area contributed by atoms with Crippen LogP contribution in [0.15, 0.2) is 47.9 Å². The third-order valence-electron chi connectivity index (χ3n) is 4.70. The number of benzene rings is 2. The van der Waals surface area contributed by atoms with E-state index in [0.29, 0.717) is 11.3 Å². The summed E-state index contributed by atoms with van der Waals surface area (Å²) in [5.74, 6) is -0.275. The highest BCUT2D eigenvalue weighted by molar-refractivity contribution is 7.94. The Morgan fingerprint density at radius 1 is 0.962 bits per heavy atom. The summed E-state index contributed by atoms with van der Waals surface area (Å²) >= 11 is 0. The molecule has 0 N–H and O–H groups in total. The van der Waals surface area contributed by atoms with Crippen LogP contribution in [0.4, 0.5) is 5.69 Å². The van der Waals surface area contributed by atoms with E-state index in [9.17, 15) is 13.2 Å². The Morgan fingerprint density at radius 3 is 2.15 bits per heavy atom. The Kier molecular flexibility index (Phi) is 4.76. The summed E-state index contributed by atoms with van der Waals surface area (Å²) in [5.41, 5.74) is 5.47. The van der Waals surface area contributed by atoms with E-state index in [1.54, 1.807) is 11.0 Å². The highest BCUT2D eigenvalue weighted by Gasteiger charge is 2.32. The molecular formula is C21H23NO3S. The number of nitrogens with zero attached hydrogens (tertiary/aromatic N) is 1. The predicted molar refractivity (Wildman–Crippen MR) is 105 cm³/mol. The van der Waals surface area contributed by atoms with Crippen LogP contribution in [-0.2, 0) is 9.84 Å². The van der Waals surface area contributed by atoms with Crippen molar-refractivity contribution in [1.82, 2.24) is 0 Å².